The Bertz CT molecular complexity index is 1230. The Balaban J connectivity index is 1.51. The van der Waals surface area contributed by atoms with Crippen LogP contribution >= 0.6 is 58.0 Å². The highest BCUT2D eigenvalue weighted by Gasteiger charge is 2.67. The van der Waals surface area contributed by atoms with E-state index in [1.54, 1.807) is 18.2 Å². The Morgan fingerprint density at radius 2 is 1.39 bits per heavy atom. The summed E-state index contributed by atoms with van der Waals surface area (Å²) >= 11 is 31.0. The molecule has 4 rings (SSSR count). The zero-order chi connectivity index (χ0) is 23.9. The van der Waals surface area contributed by atoms with Crippen molar-refractivity contribution >= 4 is 81.2 Å². The van der Waals surface area contributed by atoms with Crippen LogP contribution in [0.15, 0.2) is 60.7 Å². The standard InChI is InChI=1S/C23H14Cl5FN2O2/c24-13-5-11(6-14(25)9-13)19-20(23(19,27)28)22(33)31-18-8-12(7-15(26)10-18)21(32)30-17-3-1-16(29)2-4-17/h1-10,19-20H,(H,30,32)(H,31,33)/t19-,20+/m1/s1. The molecule has 3 aromatic carbocycles. The molecular formula is C23H14Cl5FN2O2. The lowest BCUT2D eigenvalue weighted by Gasteiger charge is -2.10. The minimum Gasteiger partial charge on any atom is -0.326 e. The molecule has 0 unspecified atom stereocenters. The number of carbonyl (C=O) groups is 2. The van der Waals surface area contributed by atoms with E-state index in [0.717, 1.165) is 0 Å². The monoisotopic (exact) mass is 544 g/mol. The number of carbonyl (C=O) groups excluding carboxylic acids is 2. The Labute approximate surface area is 213 Å². The molecule has 10 heteroatoms. The van der Waals surface area contributed by atoms with Gasteiger partial charge in [0.2, 0.25) is 5.91 Å². The second kappa shape index (κ2) is 9.32. The van der Waals surface area contributed by atoms with Gasteiger partial charge in [-0.05, 0) is 66.2 Å². The number of hydrogen-bond acceptors (Lipinski definition) is 2. The molecule has 0 bridgehead atoms. The van der Waals surface area contributed by atoms with Gasteiger partial charge in [-0.2, -0.15) is 0 Å². The number of anilines is 2. The predicted molar refractivity (Wildman–Crippen MR) is 132 cm³/mol. The van der Waals surface area contributed by atoms with E-state index in [1.165, 1.54) is 42.5 Å². The maximum absolute atomic E-state index is 13.1. The lowest BCUT2D eigenvalue weighted by Crippen LogP contribution is -2.18. The average Bonchev–Trinajstić information content (AvgIpc) is 3.30. The van der Waals surface area contributed by atoms with E-state index >= 15 is 0 Å². The minimum absolute atomic E-state index is 0.194. The van der Waals surface area contributed by atoms with Gasteiger partial charge >= 0.3 is 0 Å². The average molecular weight is 547 g/mol. The summed E-state index contributed by atoms with van der Waals surface area (Å²) in [6, 6.07) is 14.6. The third-order valence-electron chi connectivity index (χ3n) is 5.11. The SMILES string of the molecule is O=C(Nc1ccc(F)cc1)c1cc(Cl)cc(NC(=O)[C@@H]2[C@@H](c3cc(Cl)cc(Cl)c3)C2(Cl)Cl)c1. The molecule has 2 amide bonds. The fourth-order valence-electron chi connectivity index (χ4n) is 3.57. The molecule has 0 saturated heterocycles. The Hall–Kier alpha value is -2.02. The molecule has 170 valence electrons. The van der Waals surface area contributed by atoms with Crippen molar-refractivity contribution in [1.82, 2.24) is 0 Å². The van der Waals surface area contributed by atoms with Crippen LogP contribution in [0.5, 0.6) is 0 Å². The molecule has 1 aliphatic rings. The van der Waals surface area contributed by atoms with E-state index in [2.05, 4.69) is 10.6 Å². The normalized spacial score (nSPS) is 18.5. The molecule has 0 aromatic heterocycles. The summed E-state index contributed by atoms with van der Waals surface area (Å²) < 4.78 is 11.7. The first kappa shape index (κ1) is 24.1. The molecule has 2 N–H and O–H groups in total. The summed E-state index contributed by atoms with van der Waals surface area (Å²) in [7, 11) is 0. The first-order valence-electron chi connectivity index (χ1n) is 9.57. The van der Waals surface area contributed by atoms with E-state index in [4.69, 9.17) is 58.0 Å². The first-order valence-corrected chi connectivity index (χ1v) is 11.5. The number of nitrogens with one attached hydrogen (secondary N) is 2. The summed E-state index contributed by atoms with van der Waals surface area (Å²) in [5.74, 6) is -2.65. The number of halogens is 6. The lowest BCUT2D eigenvalue weighted by molar-refractivity contribution is -0.117. The van der Waals surface area contributed by atoms with E-state index in [0.29, 0.717) is 21.3 Å². The summed E-state index contributed by atoms with van der Waals surface area (Å²) in [6.45, 7) is 0. The molecule has 2 atom stereocenters. The molecule has 3 aromatic rings. The molecule has 4 nitrogen and oxygen atoms in total. The van der Waals surface area contributed by atoms with Crippen LogP contribution in [-0.2, 0) is 4.79 Å². The maximum atomic E-state index is 13.1. The minimum atomic E-state index is -1.35. The predicted octanol–water partition coefficient (Wildman–Crippen LogP) is 7.56. The zero-order valence-electron chi connectivity index (χ0n) is 16.5. The van der Waals surface area contributed by atoms with Crippen molar-refractivity contribution in [3.63, 3.8) is 0 Å². The highest BCUT2D eigenvalue weighted by Crippen LogP contribution is 2.65. The van der Waals surface area contributed by atoms with Crippen LogP contribution in [0.3, 0.4) is 0 Å². The van der Waals surface area contributed by atoms with Gasteiger partial charge in [-0.1, -0.05) is 34.8 Å². The van der Waals surface area contributed by atoms with Crippen LogP contribution < -0.4 is 10.6 Å². The molecule has 0 aliphatic heterocycles. The number of benzene rings is 3. The van der Waals surface area contributed by atoms with Gasteiger partial charge in [-0.25, -0.2) is 4.39 Å². The summed E-state index contributed by atoms with van der Waals surface area (Å²) in [6.07, 6.45) is 0. The fraction of sp³-hybridized carbons (Fsp3) is 0.130. The van der Waals surface area contributed by atoms with E-state index in [9.17, 15) is 14.0 Å². The number of alkyl halides is 2. The number of amides is 2. The molecule has 0 heterocycles. The van der Waals surface area contributed by atoms with E-state index in [1.807, 2.05) is 0 Å². The molecule has 0 spiro atoms. The molecule has 33 heavy (non-hydrogen) atoms. The van der Waals surface area contributed by atoms with Gasteiger partial charge < -0.3 is 10.6 Å². The van der Waals surface area contributed by atoms with Crippen LogP contribution in [0.2, 0.25) is 15.1 Å². The largest absolute Gasteiger partial charge is 0.326 e. The van der Waals surface area contributed by atoms with Gasteiger partial charge in [0.1, 0.15) is 10.2 Å². The van der Waals surface area contributed by atoms with Crippen molar-refractivity contribution in [2.24, 2.45) is 5.92 Å². The van der Waals surface area contributed by atoms with E-state index in [-0.39, 0.29) is 16.3 Å². The fourth-order valence-corrected chi connectivity index (χ4v) is 5.18. The lowest BCUT2D eigenvalue weighted by atomic mass is 10.1. The Morgan fingerprint density at radius 3 is 2.03 bits per heavy atom. The Morgan fingerprint density at radius 1 is 0.788 bits per heavy atom. The van der Waals surface area contributed by atoms with Gasteiger partial charge in [0.25, 0.3) is 5.91 Å². The van der Waals surface area contributed by atoms with Gasteiger partial charge in [-0.3, -0.25) is 9.59 Å². The van der Waals surface area contributed by atoms with Gasteiger partial charge in [-0.15, -0.1) is 23.2 Å². The van der Waals surface area contributed by atoms with Crippen molar-refractivity contribution in [1.29, 1.82) is 0 Å². The zero-order valence-corrected chi connectivity index (χ0v) is 20.3. The van der Waals surface area contributed by atoms with Crippen LogP contribution in [0, 0.1) is 11.7 Å². The Kier molecular flexibility index (Phi) is 6.81. The van der Waals surface area contributed by atoms with Crippen molar-refractivity contribution in [3.05, 3.63) is 92.7 Å². The highest BCUT2D eigenvalue weighted by atomic mass is 35.5. The summed E-state index contributed by atoms with van der Waals surface area (Å²) in [5, 5.41) is 6.38. The van der Waals surface area contributed by atoms with Crippen molar-refractivity contribution < 1.29 is 14.0 Å². The summed E-state index contributed by atoms with van der Waals surface area (Å²) in [5.41, 5.74) is 1.53. The quantitative estimate of drug-likeness (QED) is 0.325. The van der Waals surface area contributed by atoms with Crippen molar-refractivity contribution in [3.8, 4) is 0 Å². The second-order valence-corrected chi connectivity index (χ2v) is 10.3. The third kappa shape index (κ3) is 5.39. The van der Waals surface area contributed by atoms with Gasteiger partial charge in [0.05, 0.1) is 5.92 Å². The number of rotatable bonds is 5. The van der Waals surface area contributed by atoms with Crippen molar-refractivity contribution in [2.45, 2.75) is 10.3 Å². The van der Waals surface area contributed by atoms with Gasteiger partial charge in [0, 0.05) is 37.9 Å². The molecule has 0 radical (unpaired) electrons. The maximum Gasteiger partial charge on any atom is 0.255 e. The van der Waals surface area contributed by atoms with Crippen LogP contribution in [0.4, 0.5) is 15.8 Å². The highest BCUT2D eigenvalue weighted by molar-refractivity contribution is 6.53. The summed E-state index contributed by atoms with van der Waals surface area (Å²) in [4.78, 5) is 25.5. The third-order valence-corrected chi connectivity index (χ3v) is 6.70. The molecule has 1 saturated carbocycles. The van der Waals surface area contributed by atoms with Crippen LogP contribution in [0.25, 0.3) is 0 Å². The van der Waals surface area contributed by atoms with Gasteiger partial charge in [0.15, 0.2) is 0 Å². The smallest absolute Gasteiger partial charge is 0.255 e. The number of hydrogen-bond donors (Lipinski definition) is 2. The molecule has 1 aliphatic carbocycles. The first-order chi connectivity index (χ1) is 15.5. The topological polar surface area (TPSA) is 58.2 Å². The molecular weight excluding hydrogens is 533 g/mol. The second-order valence-electron chi connectivity index (χ2n) is 7.51. The van der Waals surface area contributed by atoms with Crippen LogP contribution in [0.1, 0.15) is 21.8 Å². The molecule has 1 fully saturated rings. The van der Waals surface area contributed by atoms with Crippen LogP contribution in [-0.4, -0.2) is 16.1 Å². The van der Waals surface area contributed by atoms with Crippen molar-refractivity contribution in [2.75, 3.05) is 10.6 Å². The van der Waals surface area contributed by atoms with E-state index < -0.39 is 33.8 Å².